The molecule has 116 valence electrons. The first-order valence-corrected chi connectivity index (χ1v) is 8.18. The summed E-state index contributed by atoms with van der Waals surface area (Å²) in [4.78, 5) is 15.1. The SMILES string of the molecule is O=C(c1ccnn1C1CCC1)N1CCCCC1c1cn[nH]c1. The molecule has 1 N–H and O–H groups in total. The molecule has 1 unspecified atom stereocenters. The van der Waals surface area contributed by atoms with Crippen LogP contribution in [0.25, 0.3) is 0 Å². The Morgan fingerprint density at radius 3 is 2.86 bits per heavy atom. The van der Waals surface area contributed by atoms with Crippen LogP contribution >= 0.6 is 0 Å². The smallest absolute Gasteiger partial charge is 0.272 e. The second kappa shape index (κ2) is 5.59. The van der Waals surface area contributed by atoms with Gasteiger partial charge < -0.3 is 4.90 Å². The molecule has 0 bridgehead atoms. The predicted octanol–water partition coefficient (Wildman–Crippen LogP) is 2.70. The fraction of sp³-hybridized carbons (Fsp3) is 0.562. The summed E-state index contributed by atoms with van der Waals surface area (Å²) in [6.07, 6.45) is 12.2. The third-order valence-electron chi connectivity index (χ3n) is 4.98. The summed E-state index contributed by atoms with van der Waals surface area (Å²) in [6, 6.07) is 2.40. The van der Waals surface area contributed by atoms with Gasteiger partial charge in [0.05, 0.1) is 18.3 Å². The van der Waals surface area contributed by atoms with Crippen molar-refractivity contribution in [2.24, 2.45) is 0 Å². The number of nitrogens with one attached hydrogen (secondary N) is 1. The van der Waals surface area contributed by atoms with Gasteiger partial charge in [-0.05, 0) is 44.6 Å². The molecule has 6 heteroatoms. The monoisotopic (exact) mass is 299 g/mol. The fourth-order valence-electron chi connectivity index (χ4n) is 3.52. The van der Waals surface area contributed by atoms with E-state index in [4.69, 9.17) is 0 Å². The Morgan fingerprint density at radius 1 is 1.23 bits per heavy atom. The van der Waals surface area contributed by atoms with E-state index in [0.29, 0.717) is 6.04 Å². The Labute approximate surface area is 129 Å². The van der Waals surface area contributed by atoms with Crippen LogP contribution in [0.3, 0.4) is 0 Å². The first-order chi connectivity index (χ1) is 10.8. The van der Waals surface area contributed by atoms with E-state index in [0.717, 1.165) is 49.9 Å². The predicted molar refractivity (Wildman–Crippen MR) is 81.3 cm³/mol. The summed E-state index contributed by atoms with van der Waals surface area (Å²) in [5, 5.41) is 11.3. The number of carbonyl (C=O) groups excluding carboxylic acids is 1. The molecule has 2 aromatic heterocycles. The lowest BCUT2D eigenvalue weighted by Crippen LogP contribution is -2.40. The van der Waals surface area contributed by atoms with Crippen LogP contribution in [-0.4, -0.2) is 37.3 Å². The van der Waals surface area contributed by atoms with Gasteiger partial charge in [-0.3, -0.25) is 14.6 Å². The second-order valence-corrected chi connectivity index (χ2v) is 6.29. The molecule has 1 atom stereocenters. The number of rotatable bonds is 3. The zero-order valence-electron chi connectivity index (χ0n) is 12.6. The normalized spacial score (nSPS) is 22.5. The standard InChI is InChI=1S/C16H21N5O/c22-16(15-7-8-19-21(15)13-4-3-5-13)20-9-2-1-6-14(20)12-10-17-18-11-12/h7-8,10-11,13-14H,1-6,9H2,(H,17,18). The highest BCUT2D eigenvalue weighted by molar-refractivity contribution is 5.93. The van der Waals surface area contributed by atoms with E-state index in [1.165, 1.54) is 6.42 Å². The van der Waals surface area contributed by atoms with E-state index in [-0.39, 0.29) is 11.9 Å². The first-order valence-electron chi connectivity index (χ1n) is 8.18. The number of piperidine rings is 1. The van der Waals surface area contributed by atoms with Crippen LogP contribution in [0.1, 0.15) is 66.7 Å². The van der Waals surface area contributed by atoms with Crippen LogP contribution < -0.4 is 0 Å². The minimum absolute atomic E-state index is 0.107. The average Bonchev–Trinajstić information content (AvgIpc) is 3.16. The number of likely N-dealkylation sites (tertiary alicyclic amines) is 1. The molecule has 22 heavy (non-hydrogen) atoms. The number of aromatic amines is 1. The largest absolute Gasteiger partial charge is 0.330 e. The van der Waals surface area contributed by atoms with Crippen molar-refractivity contribution in [3.8, 4) is 0 Å². The van der Waals surface area contributed by atoms with Crippen molar-refractivity contribution in [2.75, 3.05) is 6.54 Å². The maximum atomic E-state index is 13.1. The summed E-state index contributed by atoms with van der Waals surface area (Å²) in [7, 11) is 0. The Balaban J connectivity index is 1.61. The van der Waals surface area contributed by atoms with Crippen molar-refractivity contribution in [1.82, 2.24) is 24.9 Å². The summed E-state index contributed by atoms with van der Waals surface area (Å²) in [5.74, 6) is 0.107. The molecule has 2 aliphatic rings. The molecule has 3 heterocycles. The number of aromatic nitrogens is 4. The molecule has 6 nitrogen and oxygen atoms in total. The van der Waals surface area contributed by atoms with Crippen molar-refractivity contribution in [3.05, 3.63) is 35.9 Å². The van der Waals surface area contributed by atoms with Crippen LogP contribution in [0.15, 0.2) is 24.7 Å². The zero-order valence-corrected chi connectivity index (χ0v) is 12.6. The average molecular weight is 299 g/mol. The van der Waals surface area contributed by atoms with Gasteiger partial charge in [0.15, 0.2) is 0 Å². The molecular formula is C16H21N5O. The van der Waals surface area contributed by atoms with E-state index < -0.39 is 0 Å². The summed E-state index contributed by atoms with van der Waals surface area (Å²) in [6.45, 7) is 0.810. The first kappa shape index (κ1) is 13.5. The van der Waals surface area contributed by atoms with E-state index in [1.807, 2.05) is 28.0 Å². The third kappa shape index (κ3) is 2.23. The molecule has 1 aliphatic heterocycles. The number of nitrogens with zero attached hydrogens (tertiary/aromatic N) is 4. The maximum absolute atomic E-state index is 13.1. The minimum atomic E-state index is 0.107. The Morgan fingerprint density at radius 2 is 2.14 bits per heavy atom. The van der Waals surface area contributed by atoms with E-state index in [2.05, 4.69) is 15.3 Å². The van der Waals surface area contributed by atoms with Crippen LogP contribution in [0.5, 0.6) is 0 Å². The molecule has 0 aromatic carbocycles. The number of hydrogen-bond acceptors (Lipinski definition) is 3. The lowest BCUT2D eigenvalue weighted by molar-refractivity contribution is 0.0591. The molecule has 2 fully saturated rings. The highest BCUT2D eigenvalue weighted by atomic mass is 16.2. The number of amides is 1. The van der Waals surface area contributed by atoms with Crippen LogP contribution in [-0.2, 0) is 0 Å². The second-order valence-electron chi connectivity index (χ2n) is 6.29. The molecule has 1 aliphatic carbocycles. The quantitative estimate of drug-likeness (QED) is 0.947. The maximum Gasteiger partial charge on any atom is 0.272 e. The van der Waals surface area contributed by atoms with Crippen molar-refractivity contribution in [3.63, 3.8) is 0 Å². The lowest BCUT2D eigenvalue weighted by atomic mass is 9.93. The van der Waals surface area contributed by atoms with Gasteiger partial charge in [-0.25, -0.2) is 0 Å². The van der Waals surface area contributed by atoms with E-state index >= 15 is 0 Å². The molecule has 0 radical (unpaired) electrons. The molecule has 2 aromatic rings. The molecule has 4 rings (SSSR count). The Bertz CT molecular complexity index is 643. The summed E-state index contributed by atoms with van der Waals surface area (Å²) in [5.41, 5.74) is 1.84. The van der Waals surface area contributed by atoms with Crippen LogP contribution in [0.2, 0.25) is 0 Å². The Hall–Kier alpha value is -2.11. The minimum Gasteiger partial charge on any atom is -0.330 e. The van der Waals surface area contributed by atoms with Crippen LogP contribution in [0.4, 0.5) is 0 Å². The number of carbonyl (C=O) groups is 1. The summed E-state index contributed by atoms with van der Waals surface area (Å²) < 4.78 is 1.94. The van der Waals surface area contributed by atoms with Crippen molar-refractivity contribution in [1.29, 1.82) is 0 Å². The molecular weight excluding hydrogens is 278 g/mol. The highest BCUT2D eigenvalue weighted by Gasteiger charge is 2.32. The molecule has 1 saturated heterocycles. The Kier molecular flexibility index (Phi) is 3.44. The topological polar surface area (TPSA) is 66.8 Å². The molecule has 0 spiro atoms. The lowest BCUT2D eigenvalue weighted by Gasteiger charge is -2.36. The van der Waals surface area contributed by atoms with Gasteiger partial charge in [-0.2, -0.15) is 10.2 Å². The van der Waals surface area contributed by atoms with E-state index in [9.17, 15) is 4.79 Å². The molecule has 1 amide bonds. The van der Waals surface area contributed by atoms with E-state index in [1.54, 1.807) is 6.20 Å². The van der Waals surface area contributed by atoms with Crippen molar-refractivity contribution >= 4 is 5.91 Å². The van der Waals surface area contributed by atoms with Gasteiger partial charge in [0, 0.05) is 24.5 Å². The van der Waals surface area contributed by atoms with Crippen molar-refractivity contribution < 1.29 is 4.79 Å². The van der Waals surface area contributed by atoms with Gasteiger partial charge in [-0.1, -0.05) is 0 Å². The van der Waals surface area contributed by atoms with Gasteiger partial charge in [-0.15, -0.1) is 0 Å². The van der Waals surface area contributed by atoms with Crippen LogP contribution in [0, 0.1) is 0 Å². The van der Waals surface area contributed by atoms with Gasteiger partial charge in [0.25, 0.3) is 5.91 Å². The van der Waals surface area contributed by atoms with Gasteiger partial charge in [0.2, 0.25) is 0 Å². The molecule has 1 saturated carbocycles. The third-order valence-corrected chi connectivity index (χ3v) is 4.98. The highest BCUT2D eigenvalue weighted by Crippen LogP contribution is 2.34. The van der Waals surface area contributed by atoms with Crippen molar-refractivity contribution in [2.45, 2.75) is 50.6 Å². The van der Waals surface area contributed by atoms with Gasteiger partial charge >= 0.3 is 0 Å². The fourth-order valence-corrected chi connectivity index (χ4v) is 3.52. The number of H-pyrrole nitrogens is 1. The summed E-state index contributed by atoms with van der Waals surface area (Å²) >= 11 is 0. The zero-order chi connectivity index (χ0) is 14.9. The van der Waals surface area contributed by atoms with Gasteiger partial charge in [0.1, 0.15) is 5.69 Å². The number of hydrogen-bond donors (Lipinski definition) is 1.